The smallest absolute Gasteiger partial charge is 0.157 e. The van der Waals surface area contributed by atoms with E-state index in [0.717, 1.165) is 70.3 Å². The highest BCUT2D eigenvalue weighted by Gasteiger charge is 2.26. The number of aromatic nitrogens is 2. The average Bonchev–Trinajstić information content (AvgIpc) is 2.75. The minimum atomic E-state index is 0.485. The van der Waals surface area contributed by atoms with E-state index < -0.39 is 0 Å². The van der Waals surface area contributed by atoms with Gasteiger partial charge in [-0.05, 0) is 38.5 Å². The summed E-state index contributed by atoms with van der Waals surface area (Å²) in [4.78, 5) is 18.5. The molecule has 1 aromatic carbocycles. The van der Waals surface area contributed by atoms with Crippen LogP contribution in [-0.2, 0) is 6.54 Å². The minimum absolute atomic E-state index is 0.485. The summed E-state index contributed by atoms with van der Waals surface area (Å²) in [5.41, 5.74) is 8.65. The number of nitrogen functional groups attached to an aromatic ring is 1. The summed E-state index contributed by atoms with van der Waals surface area (Å²) in [6, 6.07) is 11.2. The van der Waals surface area contributed by atoms with Crippen molar-refractivity contribution in [3.63, 3.8) is 0 Å². The highest BCUT2D eigenvalue weighted by Crippen LogP contribution is 2.31. The Morgan fingerprint density at radius 3 is 2.38 bits per heavy atom. The summed E-state index contributed by atoms with van der Waals surface area (Å²) < 4.78 is 0. The monoisotopic (exact) mass is 395 g/mol. The molecule has 0 atom stereocenters. The fraction of sp³-hybridized carbons (Fsp3) is 0.545. The summed E-state index contributed by atoms with van der Waals surface area (Å²) in [5.74, 6) is 1.76. The summed E-state index contributed by atoms with van der Waals surface area (Å²) in [6.07, 6.45) is 3.96. The van der Waals surface area contributed by atoms with Crippen molar-refractivity contribution in [1.82, 2.24) is 19.8 Å². The molecule has 2 fully saturated rings. The van der Waals surface area contributed by atoms with E-state index in [-0.39, 0.29) is 0 Å². The first-order valence-corrected chi connectivity index (χ1v) is 10.6. The Morgan fingerprint density at radius 1 is 1.00 bits per heavy atom. The molecule has 0 amide bonds. The van der Waals surface area contributed by atoms with E-state index in [2.05, 4.69) is 74.0 Å². The number of benzene rings is 1. The molecule has 0 saturated carbocycles. The third-order valence-electron chi connectivity index (χ3n) is 6.33. The van der Waals surface area contributed by atoms with Gasteiger partial charge in [0.2, 0.25) is 0 Å². The third-order valence-corrected chi connectivity index (χ3v) is 6.33. The van der Waals surface area contributed by atoms with Crippen LogP contribution < -0.4 is 15.5 Å². The molecule has 1 aromatic heterocycles. The van der Waals surface area contributed by atoms with Crippen molar-refractivity contribution in [3.05, 3.63) is 42.2 Å². The highest BCUT2D eigenvalue weighted by atomic mass is 15.3. The van der Waals surface area contributed by atoms with Crippen molar-refractivity contribution < 1.29 is 0 Å². The lowest BCUT2D eigenvalue weighted by molar-refractivity contribution is 0.249. The molecule has 2 N–H and O–H groups in total. The molecule has 2 aromatic rings. The first-order chi connectivity index (χ1) is 14.1. The minimum Gasteiger partial charge on any atom is -0.393 e. The van der Waals surface area contributed by atoms with Crippen molar-refractivity contribution in [2.45, 2.75) is 25.4 Å². The maximum atomic E-state index is 6.57. The first kappa shape index (κ1) is 19.9. The van der Waals surface area contributed by atoms with Gasteiger partial charge >= 0.3 is 0 Å². The van der Waals surface area contributed by atoms with E-state index in [9.17, 15) is 0 Å². The van der Waals surface area contributed by atoms with Crippen molar-refractivity contribution in [2.24, 2.45) is 0 Å². The van der Waals surface area contributed by atoms with Gasteiger partial charge in [0.25, 0.3) is 0 Å². The molecule has 156 valence electrons. The molecule has 4 rings (SSSR count). The SMILES string of the molecule is CN1CCC(N(C)c2ncnc(N3CCN(Cc4ccccc4)CC3)c2N)CC1. The number of rotatable bonds is 5. The highest BCUT2D eigenvalue weighted by molar-refractivity contribution is 5.75. The van der Waals surface area contributed by atoms with E-state index >= 15 is 0 Å². The molecule has 0 spiro atoms. The lowest BCUT2D eigenvalue weighted by atomic mass is 10.0. The molecular formula is C22H33N7. The largest absolute Gasteiger partial charge is 0.393 e. The fourth-order valence-corrected chi connectivity index (χ4v) is 4.42. The lowest BCUT2D eigenvalue weighted by Gasteiger charge is -2.38. The second kappa shape index (κ2) is 8.97. The van der Waals surface area contributed by atoms with Crippen LogP contribution in [0.5, 0.6) is 0 Å². The molecule has 0 bridgehead atoms. The van der Waals surface area contributed by atoms with E-state index in [4.69, 9.17) is 5.73 Å². The van der Waals surface area contributed by atoms with Gasteiger partial charge in [-0.3, -0.25) is 4.90 Å². The van der Waals surface area contributed by atoms with Gasteiger partial charge in [0.15, 0.2) is 11.6 Å². The van der Waals surface area contributed by atoms with E-state index in [1.807, 2.05) is 0 Å². The van der Waals surface area contributed by atoms with Gasteiger partial charge in [0, 0.05) is 45.8 Å². The van der Waals surface area contributed by atoms with Crippen LogP contribution in [0.3, 0.4) is 0 Å². The number of anilines is 3. The Bertz CT molecular complexity index is 781. The number of hydrogen-bond acceptors (Lipinski definition) is 7. The van der Waals surface area contributed by atoms with Crippen LogP contribution >= 0.6 is 0 Å². The Labute approximate surface area is 174 Å². The quantitative estimate of drug-likeness (QED) is 0.830. The molecule has 2 aliphatic rings. The van der Waals surface area contributed by atoms with Crippen LogP contribution in [0.2, 0.25) is 0 Å². The van der Waals surface area contributed by atoms with Crippen LogP contribution in [0, 0.1) is 0 Å². The number of piperidine rings is 1. The first-order valence-electron chi connectivity index (χ1n) is 10.6. The molecular weight excluding hydrogens is 362 g/mol. The lowest BCUT2D eigenvalue weighted by Crippen LogP contribution is -2.46. The second-order valence-electron chi connectivity index (χ2n) is 8.33. The Kier molecular flexibility index (Phi) is 6.16. The van der Waals surface area contributed by atoms with Gasteiger partial charge in [-0.1, -0.05) is 30.3 Å². The van der Waals surface area contributed by atoms with Crippen molar-refractivity contribution in [1.29, 1.82) is 0 Å². The van der Waals surface area contributed by atoms with Crippen molar-refractivity contribution in [2.75, 3.05) is 68.9 Å². The van der Waals surface area contributed by atoms with Gasteiger partial charge in [0.1, 0.15) is 12.0 Å². The molecule has 2 aliphatic heterocycles. The summed E-state index contributed by atoms with van der Waals surface area (Å²) in [6.45, 7) is 7.14. The van der Waals surface area contributed by atoms with E-state index in [1.54, 1.807) is 6.33 Å². The normalized spacial score (nSPS) is 19.4. The molecule has 0 unspecified atom stereocenters. The molecule has 7 nitrogen and oxygen atoms in total. The number of hydrogen-bond donors (Lipinski definition) is 1. The maximum absolute atomic E-state index is 6.57. The van der Waals surface area contributed by atoms with E-state index in [0.29, 0.717) is 11.7 Å². The van der Waals surface area contributed by atoms with Crippen LogP contribution in [0.15, 0.2) is 36.7 Å². The predicted molar refractivity (Wildman–Crippen MR) is 119 cm³/mol. The predicted octanol–water partition coefficient (Wildman–Crippen LogP) is 1.91. The van der Waals surface area contributed by atoms with Gasteiger partial charge in [-0.2, -0.15) is 0 Å². The molecule has 7 heteroatoms. The zero-order valence-electron chi connectivity index (χ0n) is 17.7. The zero-order valence-corrected chi connectivity index (χ0v) is 17.7. The van der Waals surface area contributed by atoms with Crippen molar-refractivity contribution >= 4 is 17.3 Å². The Morgan fingerprint density at radius 2 is 1.69 bits per heavy atom. The van der Waals surface area contributed by atoms with Crippen molar-refractivity contribution in [3.8, 4) is 0 Å². The second-order valence-corrected chi connectivity index (χ2v) is 8.33. The fourth-order valence-electron chi connectivity index (χ4n) is 4.42. The summed E-state index contributed by atoms with van der Waals surface area (Å²) in [5, 5.41) is 0. The summed E-state index contributed by atoms with van der Waals surface area (Å²) in [7, 11) is 4.31. The van der Waals surface area contributed by atoms with Crippen LogP contribution in [0.1, 0.15) is 18.4 Å². The molecule has 3 heterocycles. The molecule has 2 saturated heterocycles. The number of nitrogens with zero attached hydrogens (tertiary/aromatic N) is 6. The van der Waals surface area contributed by atoms with Gasteiger partial charge in [-0.15, -0.1) is 0 Å². The average molecular weight is 396 g/mol. The Hall–Kier alpha value is -2.38. The zero-order chi connectivity index (χ0) is 20.2. The number of piperazine rings is 1. The number of nitrogens with two attached hydrogens (primary N) is 1. The summed E-state index contributed by atoms with van der Waals surface area (Å²) >= 11 is 0. The van der Waals surface area contributed by atoms with Gasteiger partial charge < -0.3 is 20.4 Å². The van der Waals surface area contributed by atoms with E-state index in [1.165, 1.54) is 5.56 Å². The van der Waals surface area contributed by atoms with Gasteiger partial charge in [0.05, 0.1) is 0 Å². The Balaban J connectivity index is 1.40. The van der Waals surface area contributed by atoms with Gasteiger partial charge in [-0.25, -0.2) is 9.97 Å². The standard InChI is InChI=1S/C22H33N7/c1-26-10-8-19(9-11-26)27(2)21-20(23)22(25-17-24-21)29-14-12-28(13-15-29)16-18-6-4-3-5-7-18/h3-7,17,19H,8-16,23H2,1-2H3. The molecule has 29 heavy (non-hydrogen) atoms. The molecule has 0 radical (unpaired) electrons. The van der Waals surface area contributed by atoms with Crippen LogP contribution in [0.4, 0.5) is 17.3 Å². The third kappa shape index (κ3) is 4.62. The van der Waals surface area contributed by atoms with Crippen LogP contribution in [0.25, 0.3) is 0 Å². The molecule has 0 aliphatic carbocycles. The number of likely N-dealkylation sites (tertiary alicyclic amines) is 1. The topological polar surface area (TPSA) is 64.8 Å². The van der Waals surface area contributed by atoms with Crippen LogP contribution in [-0.4, -0.2) is 79.2 Å². The maximum Gasteiger partial charge on any atom is 0.157 e.